The Balaban J connectivity index is 1.35. The van der Waals surface area contributed by atoms with E-state index in [4.69, 9.17) is 9.72 Å². The van der Waals surface area contributed by atoms with E-state index in [1.165, 1.54) is 0 Å². The highest BCUT2D eigenvalue weighted by molar-refractivity contribution is 5.99. The molecule has 9 nitrogen and oxygen atoms in total. The highest BCUT2D eigenvalue weighted by Crippen LogP contribution is 2.30. The number of aryl methyl sites for hydroxylation is 1. The van der Waals surface area contributed by atoms with E-state index in [0.717, 1.165) is 67.6 Å². The van der Waals surface area contributed by atoms with Gasteiger partial charge in [-0.2, -0.15) is 5.10 Å². The van der Waals surface area contributed by atoms with Crippen molar-refractivity contribution >= 4 is 22.6 Å². The van der Waals surface area contributed by atoms with Gasteiger partial charge < -0.3 is 10.1 Å². The summed E-state index contributed by atoms with van der Waals surface area (Å²) in [5.74, 6) is -0.0269. The summed E-state index contributed by atoms with van der Waals surface area (Å²) in [6, 6.07) is 11.5. The van der Waals surface area contributed by atoms with Gasteiger partial charge in [0.1, 0.15) is 5.52 Å². The zero-order valence-corrected chi connectivity index (χ0v) is 19.1. The maximum atomic E-state index is 12.7. The Morgan fingerprint density at radius 3 is 2.85 bits per heavy atom. The van der Waals surface area contributed by atoms with E-state index in [1.807, 2.05) is 37.3 Å². The molecule has 0 atom stereocenters. The topological polar surface area (TPSA) is 109 Å². The minimum absolute atomic E-state index is 0.0269. The fourth-order valence-electron chi connectivity index (χ4n) is 4.13. The lowest BCUT2D eigenvalue weighted by Gasteiger charge is -2.26. The third-order valence-corrected chi connectivity index (χ3v) is 5.90. The molecule has 0 radical (unpaired) electrons. The summed E-state index contributed by atoms with van der Waals surface area (Å²) in [4.78, 5) is 28.9. The third-order valence-electron chi connectivity index (χ3n) is 5.90. The number of hydrogen-bond donors (Lipinski definition) is 2. The number of amides is 1. The summed E-state index contributed by atoms with van der Waals surface area (Å²) >= 11 is 0. The van der Waals surface area contributed by atoms with Crippen LogP contribution in [-0.2, 0) is 9.53 Å². The molecule has 1 aliphatic heterocycles. The Morgan fingerprint density at radius 2 is 2.00 bits per heavy atom. The molecule has 2 N–H and O–H groups in total. The molecular weight excluding hydrogens is 430 g/mol. The smallest absolute Gasteiger partial charge is 0.224 e. The van der Waals surface area contributed by atoms with Gasteiger partial charge in [0.05, 0.1) is 47.7 Å². The van der Waals surface area contributed by atoms with Crippen LogP contribution < -0.4 is 5.32 Å². The minimum atomic E-state index is -0.0269. The van der Waals surface area contributed by atoms with Gasteiger partial charge in [-0.3, -0.25) is 24.8 Å². The number of nitrogens with zero attached hydrogens (tertiary/aromatic N) is 5. The Bertz CT molecular complexity index is 1300. The highest BCUT2D eigenvalue weighted by atomic mass is 16.5. The lowest BCUT2D eigenvalue weighted by atomic mass is 10.1. The summed E-state index contributed by atoms with van der Waals surface area (Å²) < 4.78 is 5.38. The number of pyridine rings is 3. The second kappa shape index (κ2) is 10.1. The average Bonchev–Trinajstić information content (AvgIpc) is 3.35. The van der Waals surface area contributed by atoms with Crippen LogP contribution in [-0.4, -0.2) is 68.8 Å². The number of H-pyrrole nitrogens is 1. The van der Waals surface area contributed by atoms with Crippen LogP contribution in [0.2, 0.25) is 0 Å². The summed E-state index contributed by atoms with van der Waals surface area (Å²) in [5, 5.41) is 10.3. The van der Waals surface area contributed by atoms with Crippen molar-refractivity contribution in [2.75, 3.05) is 38.2 Å². The third kappa shape index (κ3) is 4.95. The first-order chi connectivity index (χ1) is 16.7. The molecule has 1 amide bonds. The Labute approximate surface area is 197 Å². The molecule has 9 heteroatoms. The predicted octanol–water partition coefficient (Wildman–Crippen LogP) is 3.44. The first kappa shape index (κ1) is 22.1. The van der Waals surface area contributed by atoms with Crippen LogP contribution in [0.5, 0.6) is 0 Å². The quantitative estimate of drug-likeness (QED) is 0.437. The molecule has 1 saturated heterocycles. The maximum absolute atomic E-state index is 12.7. The molecule has 0 bridgehead atoms. The lowest BCUT2D eigenvalue weighted by Crippen LogP contribution is -2.37. The minimum Gasteiger partial charge on any atom is -0.379 e. The molecule has 5 heterocycles. The van der Waals surface area contributed by atoms with Gasteiger partial charge in [-0.15, -0.1) is 0 Å². The van der Waals surface area contributed by atoms with Crippen molar-refractivity contribution in [2.24, 2.45) is 0 Å². The number of hydrogen-bond acceptors (Lipinski definition) is 7. The van der Waals surface area contributed by atoms with E-state index in [0.29, 0.717) is 23.1 Å². The molecule has 0 unspecified atom stereocenters. The molecule has 4 aromatic rings. The second-order valence-electron chi connectivity index (χ2n) is 8.35. The van der Waals surface area contributed by atoms with Crippen LogP contribution in [0, 0.1) is 6.92 Å². The van der Waals surface area contributed by atoms with Crippen LogP contribution in [0.15, 0.2) is 48.8 Å². The molecule has 0 aromatic carbocycles. The molecule has 0 aliphatic carbocycles. The monoisotopic (exact) mass is 457 g/mol. The fourth-order valence-corrected chi connectivity index (χ4v) is 4.13. The number of ether oxygens (including phenoxy) is 1. The molecule has 1 aliphatic rings. The van der Waals surface area contributed by atoms with Crippen molar-refractivity contribution < 1.29 is 9.53 Å². The van der Waals surface area contributed by atoms with Gasteiger partial charge >= 0.3 is 0 Å². The molecule has 4 aromatic heterocycles. The predicted molar refractivity (Wildman–Crippen MR) is 130 cm³/mol. The van der Waals surface area contributed by atoms with Gasteiger partial charge in [-0.05, 0) is 50.2 Å². The number of carbonyl (C=O) groups excluding carboxylic acids is 1. The van der Waals surface area contributed by atoms with E-state index >= 15 is 0 Å². The van der Waals surface area contributed by atoms with Crippen molar-refractivity contribution in [1.82, 2.24) is 30.0 Å². The number of morpholine rings is 1. The zero-order valence-electron chi connectivity index (χ0n) is 19.1. The molecule has 174 valence electrons. The number of aromatic amines is 1. The highest BCUT2D eigenvalue weighted by Gasteiger charge is 2.15. The molecule has 1 fully saturated rings. The normalized spacial score (nSPS) is 14.4. The van der Waals surface area contributed by atoms with Crippen molar-refractivity contribution in [2.45, 2.75) is 19.8 Å². The van der Waals surface area contributed by atoms with Crippen LogP contribution in [0.1, 0.15) is 18.5 Å². The van der Waals surface area contributed by atoms with Crippen molar-refractivity contribution in [3.8, 4) is 22.6 Å². The number of aromatic nitrogens is 5. The summed E-state index contributed by atoms with van der Waals surface area (Å²) in [6.07, 6.45) is 4.68. The Kier molecular flexibility index (Phi) is 6.55. The number of fused-ring (bicyclic) bond motifs is 1. The molecule has 0 saturated carbocycles. The van der Waals surface area contributed by atoms with Crippen LogP contribution in [0.4, 0.5) is 5.69 Å². The molecule has 34 heavy (non-hydrogen) atoms. The number of carbonyl (C=O) groups is 1. The van der Waals surface area contributed by atoms with Crippen LogP contribution in [0.25, 0.3) is 33.7 Å². The van der Waals surface area contributed by atoms with E-state index in [2.05, 4.69) is 30.4 Å². The molecular formula is C25H27N7O2. The van der Waals surface area contributed by atoms with Crippen molar-refractivity contribution in [3.63, 3.8) is 0 Å². The summed E-state index contributed by atoms with van der Waals surface area (Å²) in [5.41, 5.74) is 6.11. The molecule has 5 rings (SSSR count). The van der Waals surface area contributed by atoms with Gasteiger partial charge in [0.25, 0.3) is 0 Å². The number of rotatable bonds is 7. The number of nitrogens with one attached hydrogen (secondary N) is 2. The number of anilines is 1. The van der Waals surface area contributed by atoms with Gasteiger partial charge in [0.2, 0.25) is 5.91 Å². The first-order valence-electron chi connectivity index (χ1n) is 11.5. The van der Waals surface area contributed by atoms with Gasteiger partial charge in [-0.1, -0.05) is 6.07 Å². The summed E-state index contributed by atoms with van der Waals surface area (Å²) in [7, 11) is 0. The fraction of sp³-hybridized carbons (Fsp3) is 0.320. The Hall–Kier alpha value is -3.69. The van der Waals surface area contributed by atoms with E-state index in [1.54, 1.807) is 18.5 Å². The lowest BCUT2D eigenvalue weighted by molar-refractivity contribution is -0.116. The first-order valence-corrected chi connectivity index (χ1v) is 11.5. The SMILES string of the molecule is Cc1cccc(-c2[nH]ncc2-c2ccc3nccc(NC(=O)CCCN4CCOCC4)c3n2)n1. The Morgan fingerprint density at radius 1 is 1.12 bits per heavy atom. The zero-order chi connectivity index (χ0) is 23.3. The van der Waals surface area contributed by atoms with E-state index < -0.39 is 0 Å². The van der Waals surface area contributed by atoms with E-state index in [9.17, 15) is 4.79 Å². The molecule has 0 spiro atoms. The van der Waals surface area contributed by atoms with Crippen molar-refractivity contribution in [1.29, 1.82) is 0 Å². The summed E-state index contributed by atoms with van der Waals surface area (Å²) in [6.45, 7) is 6.24. The van der Waals surface area contributed by atoms with Gasteiger partial charge in [-0.25, -0.2) is 4.98 Å². The second-order valence-corrected chi connectivity index (χ2v) is 8.35. The largest absolute Gasteiger partial charge is 0.379 e. The standard InChI is InChI=1S/C25H27N7O2/c1-17-4-2-5-21(28-17)24-18(16-27-31-24)19-7-8-20-25(30-19)22(9-10-26-20)29-23(33)6-3-11-32-12-14-34-15-13-32/h2,4-5,7-10,16H,3,6,11-15H2,1H3,(H,27,31)(H,26,29,33). The van der Waals surface area contributed by atoms with Crippen LogP contribution >= 0.6 is 0 Å². The maximum Gasteiger partial charge on any atom is 0.224 e. The average molecular weight is 458 g/mol. The van der Waals surface area contributed by atoms with Gasteiger partial charge in [0, 0.05) is 37.0 Å². The van der Waals surface area contributed by atoms with Crippen LogP contribution in [0.3, 0.4) is 0 Å². The van der Waals surface area contributed by atoms with Crippen molar-refractivity contribution in [3.05, 3.63) is 54.5 Å². The van der Waals surface area contributed by atoms with Gasteiger partial charge in [0.15, 0.2) is 0 Å². The van der Waals surface area contributed by atoms with E-state index in [-0.39, 0.29) is 5.91 Å².